The lowest BCUT2D eigenvalue weighted by Gasteiger charge is -2.24. The third kappa shape index (κ3) is 4.97. The fraction of sp³-hybridized carbons (Fsp3) is 0.923. The molecule has 3 nitrogen and oxygen atoms in total. The highest BCUT2D eigenvalue weighted by Crippen LogP contribution is 2.27. The lowest BCUT2D eigenvalue weighted by molar-refractivity contribution is -0.139. The van der Waals surface area contributed by atoms with Crippen molar-refractivity contribution in [3.8, 4) is 0 Å². The molecular weight excluding hydrogens is 202 g/mol. The Kier molecular flexibility index (Phi) is 5.81. The van der Waals surface area contributed by atoms with Gasteiger partial charge in [0.2, 0.25) is 0 Å². The van der Waals surface area contributed by atoms with E-state index in [0.29, 0.717) is 6.04 Å². The van der Waals surface area contributed by atoms with Crippen molar-refractivity contribution < 1.29 is 9.90 Å². The minimum Gasteiger partial charge on any atom is -0.480 e. The van der Waals surface area contributed by atoms with E-state index in [0.717, 1.165) is 12.3 Å². The molecule has 0 bridgehead atoms. The van der Waals surface area contributed by atoms with E-state index in [1.807, 2.05) is 0 Å². The van der Waals surface area contributed by atoms with Crippen molar-refractivity contribution in [3.05, 3.63) is 0 Å². The van der Waals surface area contributed by atoms with Crippen LogP contribution in [0.15, 0.2) is 0 Å². The fourth-order valence-electron chi connectivity index (χ4n) is 2.54. The smallest absolute Gasteiger partial charge is 0.320 e. The molecule has 2 atom stereocenters. The first kappa shape index (κ1) is 13.5. The van der Waals surface area contributed by atoms with Gasteiger partial charge in [-0.2, -0.15) is 0 Å². The number of carbonyl (C=O) groups is 1. The largest absolute Gasteiger partial charge is 0.480 e. The molecule has 0 aromatic heterocycles. The van der Waals surface area contributed by atoms with Gasteiger partial charge in [-0.1, -0.05) is 32.1 Å². The molecule has 94 valence electrons. The predicted octanol–water partition coefficient (Wildman–Crippen LogP) is 2.80. The third-order valence-electron chi connectivity index (χ3n) is 3.64. The first-order valence-corrected chi connectivity index (χ1v) is 6.58. The average molecular weight is 227 g/mol. The number of aliphatic carboxylic acids is 1. The lowest BCUT2D eigenvalue weighted by Crippen LogP contribution is -2.40. The number of hydrogen-bond acceptors (Lipinski definition) is 2. The van der Waals surface area contributed by atoms with Crippen LogP contribution in [0.5, 0.6) is 0 Å². The van der Waals surface area contributed by atoms with Crippen LogP contribution in [0.2, 0.25) is 0 Å². The molecule has 0 spiro atoms. The van der Waals surface area contributed by atoms with E-state index in [1.54, 1.807) is 6.92 Å². The monoisotopic (exact) mass is 227 g/mol. The molecule has 1 aliphatic carbocycles. The van der Waals surface area contributed by atoms with Crippen molar-refractivity contribution in [2.75, 3.05) is 0 Å². The molecule has 3 heteroatoms. The van der Waals surface area contributed by atoms with E-state index in [4.69, 9.17) is 5.11 Å². The second kappa shape index (κ2) is 6.89. The number of carboxylic acid groups (broad SMARTS) is 1. The van der Waals surface area contributed by atoms with Gasteiger partial charge in [0, 0.05) is 6.04 Å². The second-order valence-corrected chi connectivity index (χ2v) is 5.21. The summed E-state index contributed by atoms with van der Waals surface area (Å²) in [6, 6.07) is -0.116. The molecule has 1 aliphatic rings. The van der Waals surface area contributed by atoms with E-state index < -0.39 is 12.0 Å². The summed E-state index contributed by atoms with van der Waals surface area (Å²) in [6.07, 6.45) is 9.28. The summed E-state index contributed by atoms with van der Waals surface area (Å²) < 4.78 is 0. The van der Waals surface area contributed by atoms with Crippen molar-refractivity contribution in [3.63, 3.8) is 0 Å². The Morgan fingerprint density at radius 2 is 1.94 bits per heavy atom. The molecule has 1 fully saturated rings. The summed E-state index contributed by atoms with van der Waals surface area (Å²) in [5, 5.41) is 11.9. The van der Waals surface area contributed by atoms with Crippen molar-refractivity contribution in [2.24, 2.45) is 5.92 Å². The van der Waals surface area contributed by atoms with E-state index in [-0.39, 0.29) is 0 Å². The topological polar surface area (TPSA) is 49.3 Å². The first-order valence-electron chi connectivity index (χ1n) is 6.58. The van der Waals surface area contributed by atoms with E-state index in [2.05, 4.69) is 12.2 Å². The molecule has 1 saturated carbocycles. The lowest BCUT2D eigenvalue weighted by atomic mass is 9.85. The Hall–Kier alpha value is -0.570. The summed E-state index contributed by atoms with van der Waals surface area (Å²) in [5.74, 6) is 0.127. The van der Waals surface area contributed by atoms with Crippen molar-refractivity contribution in [2.45, 2.75) is 70.9 Å². The standard InChI is InChI=1S/C13H25NO2/c1-10(14-11(2)13(15)16)8-9-12-6-4-3-5-7-12/h10-12,14H,3-9H2,1-2H3,(H,15,16)/t10?,11-/m0/s1. The van der Waals surface area contributed by atoms with Gasteiger partial charge in [0.1, 0.15) is 6.04 Å². The Balaban J connectivity index is 2.13. The molecule has 2 N–H and O–H groups in total. The normalized spacial score (nSPS) is 21.6. The molecule has 0 amide bonds. The Labute approximate surface area is 98.6 Å². The number of rotatable bonds is 6. The summed E-state index contributed by atoms with van der Waals surface area (Å²) >= 11 is 0. The predicted molar refractivity (Wildman–Crippen MR) is 65.5 cm³/mol. The molecule has 0 saturated heterocycles. The Morgan fingerprint density at radius 3 is 2.50 bits per heavy atom. The maximum absolute atomic E-state index is 10.7. The molecule has 1 rings (SSSR count). The van der Waals surface area contributed by atoms with E-state index in [1.165, 1.54) is 38.5 Å². The first-order chi connectivity index (χ1) is 7.59. The minimum absolute atomic E-state index is 0.313. The summed E-state index contributed by atoms with van der Waals surface area (Å²) in [4.78, 5) is 10.7. The van der Waals surface area contributed by atoms with Gasteiger partial charge in [-0.3, -0.25) is 4.79 Å². The van der Waals surface area contributed by atoms with Gasteiger partial charge < -0.3 is 10.4 Å². The van der Waals surface area contributed by atoms with Gasteiger partial charge in [-0.15, -0.1) is 0 Å². The summed E-state index contributed by atoms with van der Waals surface area (Å²) in [7, 11) is 0. The highest BCUT2D eigenvalue weighted by molar-refractivity contribution is 5.72. The molecule has 0 heterocycles. The van der Waals surface area contributed by atoms with Crippen LogP contribution in [0.25, 0.3) is 0 Å². The second-order valence-electron chi connectivity index (χ2n) is 5.21. The highest BCUT2D eigenvalue weighted by atomic mass is 16.4. The van der Waals surface area contributed by atoms with Gasteiger partial charge in [-0.25, -0.2) is 0 Å². The number of nitrogens with one attached hydrogen (secondary N) is 1. The Bertz CT molecular complexity index is 212. The van der Waals surface area contributed by atoms with Gasteiger partial charge in [0.05, 0.1) is 0 Å². The maximum Gasteiger partial charge on any atom is 0.320 e. The van der Waals surface area contributed by atoms with Gasteiger partial charge in [0.15, 0.2) is 0 Å². The molecule has 0 aromatic rings. The fourth-order valence-corrected chi connectivity index (χ4v) is 2.54. The Morgan fingerprint density at radius 1 is 1.31 bits per heavy atom. The van der Waals surface area contributed by atoms with Crippen molar-refractivity contribution in [1.29, 1.82) is 0 Å². The van der Waals surface area contributed by atoms with Gasteiger partial charge in [-0.05, 0) is 32.6 Å². The van der Waals surface area contributed by atoms with Gasteiger partial charge >= 0.3 is 5.97 Å². The van der Waals surface area contributed by atoms with Crippen LogP contribution < -0.4 is 5.32 Å². The zero-order valence-corrected chi connectivity index (χ0v) is 10.5. The van der Waals surface area contributed by atoms with Crippen LogP contribution in [-0.2, 0) is 4.79 Å². The minimum atomic E-state index is -0.760. The molecule has 0 aliphatic heterocycles. The summed E-state index contributed by atoms with van der Waals surface area (Å²) in [6.45, 7) is 3.79. The third-order valence-corrected chi connectivity index (χ3v) is 3.64. The van der Waals surface area contributed by atoms with Crippen molar-refractivity contribution in [1.82, 2.24) is 5.32 Å². The number of carboxylic acids is 1. The van der Waals surface area contributed by atoms with E-state index in [9.17, 15) is 4.79 Å². The van der Waals surface area contributed by atoms with Crippen LogP contribution in [0, 0.1) is 5.92 Å². The van der Waals surface area contributed by atoms with Crippen LogP contribution >= 0.6 is 0 Å². The zero-order valence-electron chi connectivity index (χ0n) is 10.5. The van der Waals surface area contributed by atoms with Crippen LogP contribution in [0.4, 0.5) is 0 Å². The molecular formula is C13H25NO2. The molecule has 0 radical (unpaired) electrons. The van der Waals surface area contributed by atoms with E-state index >= 15 is 0 Å². The maximum atomic E-state index is 10.7. The number of hydrogen-bond donors (Lipinski definition) is 2. The molecule has 16 heavy (non-hydrogen) atoms. The quantitative estimate of drug-likeness (QED) is 0.733. The summed E-state index contributed by atoms with van der Waals surface area (Å²) in [5.41, 5.74) is 0. The van der Waals surface area contributed by atoms with Crippen molar-refractivity contribution >= 4 is 5.97 Å². The van der Waals surface area contributed by atoms with Crippen LogP contribution in [0.1, 0.15) is 58.8 Å². The van der Waals surface area contributed by atoms with Gasteiger partial charge in [0.25, 0.3) is 0 Å². The molecule has 1 unspecified atom stereocenters. The van der Waals surface area contributed by atoms with Crippen LogP contribution in [0.3, 0.4) is 0 Å². The average Bonchev–Trinajstić information content (AvgIpc) is 2.27. The zero-order chi connectivity index (χ0) is 12.0. The SMILES string of the molecule is CC(CCC1CCCCC1)N[C@@H](C)C(=O)O. The highest BCUT2D eigenvalue weighted by Gasteiger charge is 2.17. The van der Waals surface area contributed by atoms with Crippen LogP contribution in [-0.4, -0.2) is 23.2 Å². The molecule has 0 aromatic carbocycles.